The molecule has 1 aliphatic rings. The summed E-state index contributed by atoms with van der Waals surface area (Å²) >= 11 is 6.07. The number of hydrogen-bond acceptors (Lipinski definition) is 3. The van der Waals surface area contributed by atoms with Crippen molar-refractivity contribution in [3.05, 3.63) is 60.0 Å². The number of rotatable bonds is 2. The number of halogens is 1. The summed E-state index contributed by atoms with van der Waals surface area (Å²) in [5.41, 5.74) is 3.07. The quantitative estimate of drug-likeness (QED) is 0.832. The second-order valence-corrected chi connectivity index (χ2v) is 4.98. The van der Waals surface area contributed by atoms with E-state index in [1.807, 2.05) is 43.6 Å². The van der Waals surface area contributed by atoms with Crippen molar-refractivity contribution in [2.75, 3.05) is 18.6 Å². The third-order valence-corrected chi connectivity index (χ3v) is 3.31. The molecule has 0 aliphatic carbocycles. The summed E-state index contributed by atoms with van der Waals surface area (Å²) in [6, 6.07) is 11.8. The predicted molar refractivity (Wildman–Crippen MR) is 78.9 cm³/mol. The molecule has 96 valence electrons. The summed E-state index contributed by atoms with van der Waals surface area (Å²) in [6.07, 6.45) is 5.92. The lowest BCUT2D eigenvalue weighted by atomic mass is 10.1. The van der Waals surface area contributed by atoms with E-state index in [1.54, 1.807) is 0 Å². The second kappa shape index (κ2) is 4.94. The summed E-state index contributed by atoms with van der Waals surface area (Å²) in [5, 5.41) is 0.725. The lowest BCUT2D eigenvalue weighted by Crippen LogP contribution is -2.22. The molecule has 0 N–H and O–H groups in total. The Morgan fingerprint density at radius 3 is 2.79 bits per heavy atom. The third kappa shape index (κ3) is 2.42. The van der Waals surface area contributed by atoms with Gasteiger partial charge in [0.05, 0.1) is 18.1 Å². The van der Waals surface area contributed by atoms with Crippen LogP contribution in [-0.4, -0.2) is 23.6 Å². The first kappa shape index (κ1) is 12.1. The topological polar surface area (TPSA) is 19.4 Å². The second-order valence-electron chi connectivity index (χ2n) is 4.55. The van der Waals surface area contributed by atoms with Gasteiger partial charge in [-0.15, -0.1) is 0 Å². The molecule has 0 spiro atoms. The van der Waals surface area contributed by atoms with Gasteiger partial charge in [-0.25, -0.2) is 0 Å². The minimum Gasteiger partial charge on any atom is -0.361 e. The molecule has 3 nitrogen and oxygen atoms in total. The van der Waals surface area contributed by atoms with E-state index in [-0.39, 0.29) is 0 Å². The van der Waals surface area contributed by atoms with Gasteiger partial charge >= 0.3 is 0 Å². The highest BCUT2D eigenvalue weighted by atomic mass is 35.5. The van der Waals surface area contributed by atoms with Crippen LogP contribution in [0, 0.1) is 0 Å². The van der Waals surface area contributed by atoms with Crippen molar-refractivity contribution < 1.29 is 0 Å². The Labute approximate surface area is 117 Å². The van der Waals surface area contributed by atoms with Gasteiger partial charge in [0.15, 0.2) is 0 Å². The first-order valence-corrected chi connectivity index (χ1v) is 6.48. The van der Waals surface area contributed by atoms with Crippen molar-refractivity contribution in [3.63, 3.8) is 0 Å². The van der Waals surface area contributed by atoms with Crippen LogP contribution in [-0.2, 0) is 0 Å². The molecule has 0 bridgehead atoms. The molecule has 0 atom stereocenters. The van der Waals surface area contributed by atoms with Crippen LogP contribution >= 0.6 is 11.6 Å². The molecular formula is C15H14ClN3. The van der Waals surface area contributed by atoms with Gasteiger partial charge in [0.2, 0.25) is 0 Å². The van der Waals surface area contributed by atoms with Gasteiger partial charge in [0.25, 0.3) is 0 Å². The number of benzene rings is 1. The highest BCUT2D eigenvalue weighted by molar-refractivity contribution is 6.30. The number of hydrogen-bond donors (Lipinski definition) is 0. The van der Waals surface area contributed by atoms with Crippen LogP contribution in [0.25, 0.3) is 11.3 Å². The van der Waals surface area contributed by atoms with E-state index in [1.165, 1.54) is 0 Å². The summed E-state index contributed by atoms with van der Waals surface area (Å²) < 4.78 is 0. The average Bonchev–Trinajstić information content (AvgIpc) is 2.85. The van der Waals surface area contributed by atoms with Crippen LogP contribution in [0.4, 0.5) is 5.69 Å². The van der Waals surface area contributed by atoms with Gasteiger partial charge in [0, 0.05) is 36.2 Å². The van der Waals surface area contributed by atoms with Crippen LogP contribution in [0.15, 0.2) is 55.0 Å². The molecule has 1 aromatic carbocycles. The standard InChI is InChI=1S/C15H14ClN3/c1-18-8-9-19(11-18)14-6-3-7-17-15(14)12-4-2-5-13(16)10-12/h2-10H,11H2,1H3. The molecule has 0 saturated carbocycles. The molecule has 3 rings (SSSR count). The Kier molecular flexibility index (Phi) is 3.13. The van der Waals surface area contributed by atoms with Gasteiger partial charge in [-0.2, -0.15) is 0 Å². The van der Waals surface area contributed by atoms with Crippen LogP contribution in [0.3, 0.4) is 0 Å². The van der Waals surface area contributed by atoms with E-state index in [4.69, 9.17) is 11.6 Å². The van der Waals surface area contributed by atoms with Gasteiger partial charge in [-0.3, -0.25) is 4.98 Å². The average molecular weight is 272 g/mol. The Hall–Kier alpha value is -2.00. The SMILES string of the molecule is CN1C=CN(c2cccnc2-c2cccc(Cl)c2)C1. The number of anilines is 1. The van der Waals surface area contributed by atoms with Crippen molar-refractivity contribution >= 4 is 17.3 Å². The van der Waals surface area contributed by atoms with E-state index in [9.17, 15) is 0 Å². The molecule has 0 amide bonds. The van der Waals surface area contributed by atoms with Gasteiger partial charge < -0.3 is 9.80 Å². The molecule has 1 aliphatic heterocycles. The third-order valence-electron chi connectivity index (χ3n) is 3.07. The van der Waals surface area contributed by atoms with Crippen molar-refractivity contribution in [3.8, 4) is 11.3 Å². The van der Waals surface area contributed by atoms with E-state index >= 15 is 0 Å². The number of nitrogens with zero attached hydrogens (tertiary/aromatic N) is 3. The van der Waals surface area contributed by atoms with Crippen molar-refractivity contribution in [1.82, 2.24) is 9.88 Å². The van der Waals surface area contributed by atoms with Gasteiger partial charge in [-0.1, -0.05) is 23.7 Å². The van der Waals surface area contributed by atoms with Gasteiger partial charge in [-0.05, 0) is 24.3 Å². The zero-order valence-electron chi connectivity index (χ0n) is 10.6. The number of aromatic nitrogens is 1. The van der Waals surface area contributed by atoms with E-state index in [2.05, 4.69) is 33.3 Å². The van der Waals surface area contributed by atoms with E-state index < -0.39 is 0 Å². The molecule has 0 fully saturated rings. The Morgan fingerprint density at radius 2 is 2.05 bits per heavy atom. The van der Waals surface area contributed by atoms with E-state index in [0.717, 1.165) is 28.6 Å². The highest BCUT2D eigenvalue weighted by Gasteiger charge is 2.15. The van der Waals surface area contributed by atoms with E-state index in [0.29, 0.717) is 0 Å². The zero-order valence-corrected chi connectivity index (χ0v) is 11.4. The lowest BCUT2D eigenvalue weighted by Gasteiger charge is -2.20. The van der Waals surface area contributed by atoms with Gasteiger partial charge in [0.1, 0.15) is 0 Å². The van der Waals surface area contributed by atoms with Crippen LogP contribution in [0.5, 0.6) is 0 Å². The normalized spacial score (nSPS) is 14.2. The fraction of sp³-hybridized carbons (Fsp3) is 0.133. The molecule has 0 saturated heterocycles. The van der Waals surface area contributed by atoms with Crippen molar-refractivity contribution in [2.24, 2.45) is 0 Å². The van der Waals surface area contributed by atoms with Crippen LogP contribution in [0.1, 0.15) is 0 Å². The minimum atomic E-state index is 0.725. The summed E-state index contributed by atoms with van der Waals surface area (Å²) in [7, 11) is 2.05. The maximum absolute atomic E-state index is 6.07. The first-order valence-electron chi connectivity index (χ1n) is 6.10. The predicted octanol–water partition coefficient (Wildman–Crippen LogP) is 3.58. The molecule has 2 heterocycles. The Morgan fingerprint density at radius 1 is 1.16 bits per heavy atom. The largest absolute Gasteiger partial charge is 0.361 e. The molecule has 19 heavy (non-hydrogen) atoms. The fourth-order valence-electron chi connectivity index (χ4n) is 2.17. The Balaban J connectivity index is 2.05. The van der Waals surface area contributed by atoms with Crippen LogP contribution < -0.4 is 4.90 Å². The first-order chi connectivity index (χ1) is 9.24. The number of pyridine rings is 1. The van der Waals surface area contributed by atoms with Crippen LogP contribution in [0.2, 0.25) is 5.02 Å². The van der Waals surface area contributed by atoms with Crippen molar-refractivity contribution in [2.45, 2.75) is 0 Å². The van der Waals surface area contributed by atoms with Crippen molar-refractivity contribution in [1.29, 1.82) is 0 Å². The maximum Gasteiger partial charge on any atom is 0.0939 e. The monoisotopic (exact) mass is 271 g/mol. The molecule has 0 unspecified atom stereocenters. The lowest BCUT2D eigenvalue weighted by molar-refractivity contribution is 0.496. The minimum absolute atomic E-state index is 0.725. The Bertz CT molecular complexity index is 624. The molecule has 2 aromatic rings. The summed E-state index contributed by atoms with van der Waals surface area (Å²) in [4.78, 5) is 8.80. The molecular weight excluding hydrogens is 258 g/mol. The molecule has 4 heteroatoms. The molecule has 0 radical (unpaired) electrons. The smallest absolute Gasteiger partial charge is 0.0939 e. The zero-order chi connectivity index (χ0) is 13.2. The summed E-state index contributed by atoms with van der Waals surface area (Å²) in [5.74, 6) is 0. The maximum atomic E-state index is 6.07. The molecule has 1 aromatic heterocycles. The highest BCUT2D eigenvalue weighted by Crippen LogP contribution is 2.31. The fourth-order valence-corrected chi connectivity index (χ4v) is 2.36. The summed E-state index contributed by atoms with van der Waals surface area (Å²) in [6.45, 7) is 0.833.